The minimum Gasteiger partial charge on any atom is -0.481 e. The normalized spacial score (nSPS) is 17.6. The highest BCUT2D eigenvalue weighted by atomic mass is 16.4. The summed E-state index contributed by atoms with van der Waals surface area (Å²) in [6.45, 7) is 2.66. The van der Waals surface area contributed by atoms with Crippen molar-refractivity contribution >= 4 is 17.7 Å². The van der Waals surface area contributed by atoms with Crippen LogP contribution in [0.2, 0.25) is 0 Å². The monoisotopic (exact) mass is 413 g/mol. The quantitative estimate of drug-likeness (QED) is 0.351. The van der Waals surface area contributed by atoms with Gasteiger partial charge in [0.05, 0.1) is 6.04 Å². The van der Waals surface area contributed by atoms with E-state index < -0.39 is 5.97 Å². The Kier molecular flexibility index (Phi) is 10.3. The van der Waals surface area contributed by atoms with Crippen molar-refractivity contribution in [2.45, 2.75) is 77.2 Å². The Hall–Kier alpha value is -2.43. The highest BCUT2D eigenvalue weighted by Gasteiger charge is 2.28. The molecule has 1 aromatic carbocycles. The van der Waals surface area contributed by atoms with Crippen LogP contribution in [0.5, 0.6) is 0 Å². The van der Waals surface area contributed by atoms with Crippen molar-refractivity contribution in [1.82, 2.24) is 4.90 Å². The van der Waals surface area contributed by atoms with E-state index >= 15 is 0 Å². The number of amides is 1. The molecule has 0 spiro atoms. The van der Waals surface area contributed by atoms with Gasteiger partial charge in [-0.2, -0.15) is 0 Å². The average Bonchev–Trinajstić information content (AvgIpc) is 3.08. The van der Waals surface area contributed by atoms with Crippen LogP contribution in [0.15, 0.2) is 42.5 Å². The molecule has 5 nitrogen and oxygen atoms in total. The van der Waals surface area contributed by atoms with Crippen molar-refractivity contribution in [3.63, 3.8) is 0 Å². The molecule has 1 aromatic rings. The van der Waals surface area contributed by atoms with Crippen molar-refractivity contribution in [3.8, 4) is 0 Å². The van der Waals surface area contributed by atoms with E-state index in [2.05, 4.69) is 12.1 Å². The Morgan fingerprint density at radius 3 is 2.60 bits per heavy atom. The Labute approximate surface area is 180 Å². The Morgan fingerprint density at radius 2 is 1.87 bits per heavy atom. The summed E-state index contributed by atoms with van der Waals surface area (Å²) in [5.41, 5.74) is 1.30. The molecule has 0 aromatic heterocycles. The number of carbonyl (C=O) groups is 3. The number of rotatable bonds is 14. The summed E-state index contributed by atoms with van der Waals surface area (Å²) in [7, 11) is 0. The predicted molar refractivity (Wildman–Crippen MR) is 118 cm³/mol. The molecule has 1 aliphatic rings. The Morgan fingerprint density at radius 1 is 1.13 bits per heavy atom. The minimum absolute atomic E-state index is 0.00949. The Balaban J connectivity index is 1.70. The zero-order valence-corrected chi connectivity index (χ0v) is 18.1. The number of allylic oxidation sites excluding steroid dienone is 1. The van der Waals surface area contributed by atoms with Gasteiger partial charge in [-0.1, -0.05) is 56.2 Å². The first kappa shape index (κ1) is 23.8. The zero-order valence-electron chi connectivity index (χ0n) is 18.1. The van der Waals surface area contributed by atoms with Gasteiger partial charge in [0, 0.05) is 25.3 Å². The summed E-state index contributed by atoms with van der Waals surface area (Å²) in [4.78, 5) is 37.1. The molecule has 1 N–H and O–H groups in total. The molecule has 0 radical (unpaired) electrons. The second-order valence-corrected chi connectivity index (χ2v) is 8.29. The van der Waals surface area contributed by atoms with Crippen molar-refractivity contribution in [3.05, 3.63) is 48.0 Å². The van der Waals surface area contributed by atoms with Crippen molar-refractivity contribution in [2.24, 2.45) is 5.92 Å². The van der Waals surface area contributed by atoms with Crippen LogP contribution in [0.25, 0.3) is 0 Å². The van der Waals surface area contributed by atoms with Crippen LogP contribution in [0, 0.1) is 5.92 Å². The number of hydrogen-bond acceptors (Lipinski definition) is 3. The summed E-state index contributed by atoms with van der Waals surface area (Å²) in [5.74, 6) is -0.479. The number of nitrogens with zero attached hydrogens (tertiary/aromatic N) is 1. The van der Waals surface area contributed by atoms with E-state index in [4.69, 9.17) is 5.11 Å². The largest absolute Gasteiger partial charge is 0.481 e. The fraction of sp³-hybridized carbons (Fsp3) is 0.560. The van der Waals surface area contributed by atoms with Crippen LogP contribution in [0.4, 0.5) is 0 Å². The third-order valence-corrected chi connectivity index (χ3v) is 5.83. The first-order chi connectivity index (χ1) is 14.5. The van der Waals surface area contributed by atoms with E-state index in [-0.39, 0.29) is 30.1 Å². The van der Waals surface area contributed by atoms with E-state index in [1.165, 1.54) is 5.56 Å². The van der Waals surface area contributed by atoms with Gasteiger partial charge in [0.15, 0.2) is 5.78 Å². The molecule has 30 heavy (non-hydrogen) atoms. The lowest BCUT2D eigenvalue weighted by atomic mass is 9.96. The summed E-state index contributed by atoms with van der Waals surface area (Å²) < 4.78 is 0. The van der Waals surface area contributed by atoms with Gasteiger partial charge in [-0.15, -0.1) is 0 Å². The van der Waals surface area contributed by atoms with E-state index in [1.54, 1.807) is 6.08 Å². The molecular weight excluding hydrogens is 378 g/mol. The first-order valence-corrected chi connectivity index (χ1v) is 11.2. The molecule has 1 unspecified atom stereocenters. The highest BCUT2D eigenvalue weighted by molar-refractivity contribution is 5.91. The first-order valence-electron chi connectivity index (χ1n) is 11.2. The van der Waals surface area contributed by atoms with Crippen molar-refractivity contribution in [2.75, 3.05) is 6.54 Å². The number of unbranched alkanes of at least 4 members (excludes halogenated alkanes) is 3. The maximum absolute atomic E-state index is 12.5. The van der Waals surface area contributed by atoms with Gasteiger partial charge in [0.2, 0.25) is 5.91 Å². The molecule has 164 valence electrons. The van der Waals surface area contributed by atoms with E-state index in [9.17, 15) is 14.4 Å². The molecule has 1 saturated heterocycles. The summed E-state index contributed by atoms with van der Waals surface area (Å²) in [5, 5.41) is 8.67. The van der Waals surface area contributed by atoms with Crippen LogP contribution >= 0.6 is 0 Å². The van der Waals surface area contributed by atoms with Gasteiger partial charge >= 0.3 is 5.97 Å². The second kappa shape index (κ2) is 13.0. The maximum atomic E-state index is 12.5. The molecule has 5 heteroatoms. The van der Waals surface area contributed by atoms with Crippen molar-refractivity contribution in [1.29, 1.82) is 0 Å². The van der Waals surface area contributed by atoms with Gasteiger partial charge in [-0.05, 0) is 50.2 Å². The van der Waals surface area contributed by atoms with Crippen LogP contribution in [0.1, 0.15) is 70.3 Å². The molecule has 1 aliphatic heterocycles. The third kappa shape index (κ3) is 8.52. The molecule has 2 rings (SSSR count). The third-order valence-electron chi connectivity index (χ3n) is 5.83. The van der Waals surface area contributed by atoms with Crippen LogP contribution in [-0.4, -0.2) is 40.3 Å². The number of carboxylic acids is 1. The van der Waals surface area contributed by atoms with Crippen LogP contribution in [0.3, 0.4) is 0 Å². The number of aliphatic carboxylic acids is 1. The number of carbonyl (C=O) groups excluding carboxylic acids is 2. The van der Waals surface area contributed by atoms with Gasteiger partial charge in [-0.3, -0.25) is 14.4 Å². The molecular formula is C25H35NO4. The maximum Gasteiger partial charge on any atom is 0.303 e. The SMILES string of the molecule is CC(CCCc1ccccc1)C(=O)/C=C/[C@H]1CCC(=O)N1CCCCCCC(=O)O. The lowest BCUT2D eigenvalue weighted by Crippen LogP contribution is -2.32. The lowest BCUT2D eigenvalue weighted by Gasteiger charge is -2.22. The fourth-order valence-electron chi connectivity index (χ4n) is 3.93. The zero-order chi connectivity index (χ0) is 21.8. The summed E-state index contributed by atoms with van der Waals surface area (Å²) in [6, 6.07) is 10.3. The second-order valence-electron chi connectivity index (χ2n) is 8.29. The number of hydrogen-bond donors (Lipinski definition) is 1. The molecule has 1 amide bonds. The minimum atomic E-state index is -0.756. The van der Waals surface area contributed by atoms with Gasteiger partial charge < -0.3 is 10.0 Å². The van der Waals surface area contributed by atoms with E-state index in [1.807, 2.05) is 36.1 Å². The smallest absolute Gasteiger partial charge is 0.303 e. The van der Waals surface area contributed by atoms with Crippen LogP contribution < -0.4 is 0 Å². The predicted octanol–water partition coefficient (Wildman–Crippen LogP) is 4.80. The molecule has 0 bridgehead atoms. The Bertz CT molecular complexity index is 713. The number of likely N-dealkylation sites (tertiary alicyclic amines) is 1. The molecule has 1 fully saturated rings. The van der Waals surface area contributed by atoms with Crippen molar-refractivity contribution < 1.29 is 19.5 Å². The topological polar surface area (TPSA) is 74.7 Å². The van der Waals surface area contributed by atoms with Crippen LogP contribution in [-0.2, 0) is 20.8 Å². The highest BCUT2D eigenvalue weighted by Crippen LogP contribution is 2.21. The molecule has 2 atom stereocenters. The summed E-state index contributed by atoms with van der Waals surface area (Å²) in [6.07, 6.45) is 11.3. The number of ketones is 1. The molecule has 0 saturated carbocycles. The average molecular weight is 414 g/mol. The summed E-state index contributed by atoms with van der Waals surface area (Å²) >= 11 is 0. The molecule has 1 heterocycles. The van der Waals surface area contributed by atoms with E-state index in [0.29, 0.717) is 19.4 Å². The fourth-order valence-corrected chi connectivity index (χ4v) is 3.93. The number of carboxylic acid groups (broad SMARTS) is 1. The number of benzene rings is 1. The van der Waals surface area contributed by atoms with Gasteiger partial charge in [-0.25, -0.2) is 0 Å². The standard InChI is InChI=1S/C25H35NO4/c1-20(10-9-13-21-11-5-4-6-12-21)23(27)17-15-22-16-18-24(28)26(22)19-8-3-2-7-14-25(29)30/h4-6,11-12,15,17,20,22H,2-3,7-10,13-14,16,18-19H2,1H3,(H,29,30)/b17-15+/t20?,22-/m0/s1. The van der Waals surface area contributed by atoms with Gasteiger partial charge in [0.1, 0.15) is 0 Å². The van der Waals surface area contributed by atoms with Gasteiger partial charge in [0.25, 0.3) is 0 Å². The number of aryl methyl sites for hydroxylation is 1. The molecule has 0 aliphatic carbocycles. The lowest BCUT2D eigenvalue weighted by molar-refractivity contribution is -0.137. The van der Waals surface area contributed by atoms with E-state index in [0.717, 1.165) is 44.9 Å².